The largest absolute Gasteiger partial charge is 0.416 e. The number of hydrogen-bond donors (Lipinski definition) is 2. The molecule has 0 heterocycles. The van der Waals surface area contributed by atoms with E-state index < -0.39 is 41.2 Å². The molecule has 0 saturated carbocycles. The molecule has 0 aliphatic heterocycles. The highest BCUT2D eigenvalue weighted by Gasteiger charge is 2.45. The van der Waals surface area contributed by atoms with Crippen molar-refractivity contribution in [1.29, 1.82) is 5.26 Å². The van der Waals surface area contributed by atoms with Gasteiger partial charge in [-0.1, -0.05) is 6.08 Å². The normalized spacial score (nSPS) is 22.6. The Bertz CT molecular complexity index is 661. The third-order valence-electron chi connectivity index (χ3n) is 3.43. The summed E-state index contributed by atoms with van der Waals surface area (Å²) in [7, 11) is 0. The zero-order valence-corrected chi connectivity index (χ0v) is 10.6. The van der Waals surface area contributed by atoms with Crippen LogP contribution in [0.3, 0.4) is 0 Å². The lowest BCUT2D eigenvalue weighted by Crippen LogP contribution is -2.26. The number of hydrogen-bond acceptors (Lipinski definition) is 4. The van der Waals surface area contributed by atoms with Gasteiger partial charge < -0.3 is 10.2 Å². The van der Waals surface area contributed by atoms with Gasteiger partial charge in [-0.3, -0.25) is 4.79 Å². The number of aliphatic hydroxyl groups is 2. The molecule has 0 radical (unpaired) electrons. The molecule has 0 fully saturated rings. The minimum absolute atomic E-state index is 0.274. The van der Waals surface area contributed by atoms with Crippen LogP contribution in [0.15, 0.2) is 24.8 Å². The molecule has 1 aliphatic rings. The summed E-state index contributed by atoms with van der Waals surface area (Å²) in [5, 5.41) is 28.6. The van der Waals surface area contributed by atoms with Gasteiger partial charge in [-0.05, 0) is 17.7 Å². The van der Waals surface area contributed by atoms with E-state index >= 15 is 0 Å². The maximum atomic E-state index is 12.8. The fraction of sp³-hybridized carbons (Fsp3) is 0.286. The number of nitrogens with zero attached hydrogens (tertiary/aromatic N) is 1. The number of aliphatic hydroxyl groups excluding tert-OH is 2. The van der Waals surface area contributed by atoms with Gasteiger partial charge in [0.05, 0.1) is 35.3 Å². The van der Waals surface area contributed by atoms with Crippen LogP contribution in [-0.2, 0) is 6.18 Å². The number of Topliss-reactive ketones (excluding diaryl/α,β-unsaturated/α-hetero) is 1. The molecular weight excluding hydrogens is 287 g/mol. The van der Waals surface area contributed by atoms with Crippen LogP contribution in [0.1, 0.15) is 33.2 Å². The van der Waals surface area contributed by atoms with E-state index in [0.717, 1.165) is 6.08 Å². The van der Waals surface area contributed by atoms with E-state index in [1.54, 1.807) is 0 Å². The highest BCUT2D eigenvalue weighted by molar-refractivity contribution is 6.05. The van der Waals surface area contributed by atoms with E-state index in [-0.39, 0.29) is 11.1 Å². The monoisotopic (exact) mass is 297 g/mol. The van der Waals surface area contributed by atoms with Crippen LogP contribution in [0.5, 0.6) is 0 Å². The first-order chi connectivity index (χ1) is 9.72. The van der Waals surface area contributed by atoms with Gasteiger partial charge in [-0.2, -0.15) is 18.4 Å². The molecule has 110 valence electrons. The summed E-state index contributed by atoms with van der Waals surface area (Å²) in [4.78, 5) is 12.1. The van der Waals surface area contributed by atoms with E-state index in [9.17, 15) is 28.2 Å². The Morgan fingerprint density at radius 1 is 1.43 bits per heavy atom. The van der Waals surface area contributed by atoms with E-state index in [2.05, 4.69) is 6.58 Å². The molecule has 0 saturated heterocycles. The lowest BCUT2D eigenvalue weighted by atomic mass is 9.95. The average Bonchev–Trinajstić information content (AvgIpc) is 2.68. The van der Waals surface area contributed by atoms with Gasteiger partial charge in [0.1, 0.15) is 0 Å². The lowest BCUT2D eigenvalue weighted by Gasteiger charge is -2.17. The zero-order valence-electron chi connectivity index (χ0n) is 10.6. The highest BCUT2D eigenvalue weighted by Crippen LogP contribution is 2.42. The third-order valence-corrected chi connectivity index (χ3v) is 3.43. The van der Waals surface area contributed by atoms with Gasteiger partial charge in [0.15, 0.2) is 5.78 Å². The number of ketones is 1. The van der Waals surface area contributed by atoms with Crippen molar-refractivity contribution in [3.63, 3.8) is 0 Å². The fourth-order valence-electron chi connectivity index (χ4n) is 2.42. The Kier molecular flexibility index (Phi) is 3.61. The maximum absolute atomic E-state index is 12.8. The molecule has 1 aromatic carbocycles. The van der Waals surface area contributed by atoms with Gasteiger partial charge in [-0.25, -0.2) is 0 Å². The number of nitriles is 1. The van der Waals surface area contributed by atoms with Crippen molar-refractivity contribution in [2.24, 2.45) is 5.92 Å². The van der Waals surface area contributed by atoms with Crippen LogP contribution in [0.4, 0.5) is 13.2 Å². The van der Waals surface area contributed by atoms with Gasteiger partial charge in [-0.15, -0.1) is 6.58 Å². The molecule has 4 nitrogen and oxygen atoms in total. The van der Waals surface area contributed by atoms with E-state index in [0.29, 0.717) is 12.1 Å². The molecule has 1 aliphatic carbocycles. The van der Waals surface area contributed by atoms with Crippen LogP contribution in [-0.4, -0.2) is 22.1 Å². The molecular formula is C14H10F3NO3. The Balaban J connectivity index is 2.67. The van der Waals surface area contributed by atoms with Crippen molar-refractivity contribution in [3.05, 3.63) is 47.0 Å². The second-order valence-corrected chi connectivity index (χ2v) is 4.66. The van der Waals surface area contributed by atoms with Crippen LogP contribution in [0.2, 0.25) is 0 Å². The van der Waals surface area contributed by atoms with Crippen molar-refractivity contribution in [3.8, 4) is 6.07 Å². The van der Waals surface area contributed by atoms with Crippen molar-refractivity contribution in [2.75, 3.05) is 0 Å². The fourth-order valence-corrected chi connectivity index (χ4v) is 2.42. The van der Waals surface area contributed by atoms with Gasteiger partial charge in [0.25, 0.3) is 0 Å². The first kappa shape index (κ1) is 15.2. The minimum atomic E-state index is -4.71. The summed E-state index contributed by atoms with van der Waals surface area (Å²) in [6.45, 7) is 3.28. The van der Waals surface area contributed by atoms with Crippen LogP contribution in [0.25, 0.3) is 0 Å². The summed E-state index contributed by atoms with van der Waals surface area (Å²) in [6, 6.07) is 2.72. The minimum Gasteiger partial charge on any atom is -0.388 e. The van der Waals surface area contributed by atoms with Gasteiger partial charge >= 0.3 is 6.18 Å². The molecule has 2 rings (SSSR count). The molecule has 2 N–H and O–H groups in total. The zero-order chi connectivity index (χ0) is 15.9. The number of benzene rings is 1. The molecule has 0 amide bonds. The predicted octanol–water partition coefficient (Wildman–Crippen LogP) is 1.97. The second-order valence-electron chi connectivity index (χ2n) is 4.66. The molecule has 7 heteroatoms. The van der Waals surface area contributed by atoms with Gasteiger partial charge in [0.2, 0.25) is 0 Å². The van der Waals surface area contributed by atoms with Crippen molar-refractivity contribution in [1.82, 2.24) is 0 Å². The third kappa shape index (κ3) is 2.33. The molecule has 3 unspecified atom stereocenters. The standard InChI is InChI=1S/C14H10F3NO3/c1-2-9(19)11-12(20)8-4-7(14(15,16)17)3-6(5-18)10(8)13(11)21/h2-4,9,11-12,19-20H,1H2. The number of carbonyl (C=O) groups excluding carboxylic acids is 1. The molecule has 21 heavy (non-hydrogen) atoms. The Morgan fingerprint density at radius 2 is 2.05 bits per heavy atom. The first-order valence-corrected chi connectivity index (χ1v) is 5.90. The first-order valence-electron chi connectivity index (χ1n) is 5.90. The number of rotatable bonds is 2. The lowest BCUT2D eigenvalue weighted by molar-refractivity contribution is -0.137. The highest BCUT2D eigenvalue weighted by atomic mass is 19.4. The van der Waals surface area contributed by atoms with Crippen LogP contribution >= 0.6 is 0 Å². The maximum Gasteiger partial charge on any atom is 0.416 e. The van der Waals surface area contributed by atoms with Crippen molar-refractivity contribution < 1.29 is 28.2 Å². The molecule has 3 atom stereocenters. The molecule has 0 spiro atoms. The van der Waals surface area contributed by atoms with Crippen LogP contribution < -0.4 is 0 Å². The molecule has 1 aromatic rings. The average molecular weight is 297 g/mol. The number of halogens is 3. The number of carbonyl (C=O) groups is 1. The van der Waals surface area contributed by atoms with E-state index in [1.807, 2.05) is 0 Å². The molecule has 0 bridgehead atoms. The smallest absolute Gasteiger partial charge is 0.388 e. The summed E-state index contributed by atoms with van der Waals surface area (Å²) in [6.07, 6.45) is -6.73. The summed E-state index contributed by atoms with van der Waals surface area (Å²) < 4.78 is 38.3. The topological polar surface area (TPSA) is 81.3 Å². The Labute approximate surface area is 117 Å². The van der Waals surface area contributed by atoms with Crippen molar-refractivity contribution in [2.45, 2.75) is 18.4 Å². The Hall–Kier alpha value is -2.17. The number of alkyl halides is 3. The predicted molar refractivity (Wildman–Crippen MR) is 65.1 cm³/mol. The van der Waals surface area contributed by atoms with Crippen LogP contribution in [0, 0.1) is 17.2 Å². The Morgan fingerprint density at radius 3 is 2.52 bits per heavy atom. The van der Waals surface area contributed by atoms with Gasteiger partial charge in [0, 0.05) is 5.56 Å². The quantitative estimate of drug-likeness (QED) is 0.818. The van der Waals surface area contributed by atoms with E-state index in [4.69, 9.17) is 5.26 Å². The summed E-state index contributed by atoms with van der Waals surface area (Å²) >= 11 is 0. The molecule has 0 aromatic heterocycles. The SMILES string of the molecule is C=CC(O)C1C(=O)c2c(C#N)cc(C(F)(F)F)cc2C1O. The van der Waals surface area contributed by atoms with Crippen molar-refractivity contribution >= 4 is 5.78 Å². The summed E-state index contributed by atoms with van der Waals surface area (Å²) in [5.74, 6) is -2.12. The second kappa shape index (κ2) is 4.98. The number of fused-ring (bicyclic) bond motifs is 1. The van der Waals surface area contributed by atoms with E-state index in [1.165, 1.54) is 6.07 Å². The summed E-state index contributed by atoms with van der Waals surface area (Å²) in [5.41, 5.74) is -2.16.